The molecule has 0 aliphatic rings. The van der Waals surface area contributed by atoms with E-state index in [-0.39, 0.29) is 11.4 Å². The van der Waals surface area contributed by atoms with E-state index in [1.54, 1.807) is 18.3 Å². The molecule has 0 saturated heterocycles. The fourth-order valence-corrected chi connectivity index (χ4v) is 3.31. The number of hydrogen-bond donors (Lipinski definition) is 0. The largest absolute Gasteiger partial charge is 0.332 e. The topological polar surface area (TPSA) is 86.7 Å². The standard InChI is InChI=1S/C23H17N5O2/c1-2-15-10-12-16(13-11-15)28-23(29)18-8-4-3-7-17(18)20(26-28)22-25-21(27-30-22)19-9-5-6-14-24-19/h3-14H,2H2,1H3. The Morgan fingerprint density at radius 1 is 0.933 bits per heavy atom. The van der Waals surface area contributed by atoms with Gasteiger partial charge in [0.1, 0.15) is 5.69 Å². The van der Waals surface area contributed by atoms with Crippen LogP contribution in [0.1, 0.15) is 12.5 Å². The smallest absolute Gasteiger partial charge is 0.279 e. The third-order valence-electron chi connectivity index (χ3n) is 4.92. The summed E-state index contributed by atoms with van der Waals surface area (Å²) in [5.41, 5.74) is 2.70. The van der Waals surface area contributed by atoms with Crippen molar-refractivity contribution >= 4 is 10.8 Å². The van der Waals surface area contributed by atoms with E-state index < -0.39 is 0 Å². The second kappa shape index (κ2) is 7.36. The van der Waals surface area contributed by atoms with E-state index in [1.165, 1.54) is 10.2 Å². The molecule has 5 aromatic rings. The van der Waals surface area contributed by atoms with Crippen LogP contribution in [0.5, 0.6) is 0 Å². The Hall–Kier alpha value is -4.13. The third kappa shape index (κ3) is 3.06. The summed E-state index contributed by atoms with van der Waals surface area (Å²) in [5.74, 6) is 0.590. The van der Waals surface area contributed by atoms with Crippen molar-refractivity contribution in [3.8, 4) is 28.8 Å². The van der Waals surface area contributed by atoms with Gasteiger partial charge in [-0.3, -0.25) is 9.78 Å². The highest BCUT2D eigenvalue weighted by Gasteiger charge is 2.19. The monoisotopic (exact) mass is 395 g/mol. The summed E-state index contributed by atoms with van der Waals surface area (Å²) in [7, 11) is 0. The lowest BCUT2D eigenvalue weighted by molar-refractivity contribution is 0.430. The zero-order valence-electron chi connectivity index (χ0n) is 16.2. The minimum Gasteiger partial charge on any atom is -0.332 e. The molecule has 0 aliphatic carbocycles. The molecule has 146 valence electrons. The Morgan fingerprint density at radius 3 is 2.43 bits per heavy atom. The van der Waals surface area contributed by atoms with Gasteiger partial charge < -0.3 is 4.52 Å². The number of benzene rings is 2. The van der Waals surface area contributed by atoms with Crippen LogP contribution in [0.2, 0.25) is 0 Å². The van der Waals surface area contributed by atoms with Crippen LogP contribution in [0.15, 0.2) is 82.2 Å². The minimum atomic E-state index is -0.205. The van der Waals surface area contributed by atoms with Gasteiger partial charge >= 0.3 is 0 Å². The van der Waals surface area contributed by atoms with Crippen LogP contribution >= 0.6 is 0 Å². The lowest BCUT2D eigenvalue weighted by atomic mass is 10.1. The average Bonchev–Trinajstić information content (AvgIpc) is 3.30. The first-order chi connectivity index (χ1) is 14.7. The van der Waals surface area contributed by atoms with Gasteiger partial charge in [-0.2, -0.15) is 14.8 Å². The molecule has 7 nitrogen and oxygen atoms in total. The number of nitrogens with zero attached hydrogens (tertiary/aromatic N) is 5. The summed E-state index contributed by atoms with van der Waals surface area (Å²) >= 11 is 0. The van der Waals surface area contributed by atoms with Crippen molar-refractivity contribution in [2.24, 2.45) is 0 Å². The molecule has 0 atom stereocenters. The van der Waals surface area contributed by atoms with Crippen molar-refractivity contribution in [1.82, 2.24) is 24.9 Å². The Bertz CT molecular complexity index is 1390. The lowest BCUT2D eigenvalue weighted by Crippen LogP contribution is -2.22. The molecule has 3 heterocycles. The quantitative estimate of drug-likeness (QED) is 0.456. The molecule has 5 rings (SSSR count). The molecule has 0 unspecified atom stereocenters. The first-order valence-electron chi connectivity index (χ1n) is 9.61. The highest BCUT2D eigenvalue weighted by atomic mass is 16.5. The van der Waals surface area contributed by atoms with Gasteiger partial charge in [0.05, 0.1) is 11.1 Å². The van der Waals surface area contributed by atoms with Crippen LogP contribution in [0.25, 0.3) is 39.6 Å². The summed E-state index contributed by atoms with van der Waals surface area (Å²) in [6.07, 6.45) is 2.59. The van der Waals surface area contributed by atoms with E-state index in [4.69, 9.17) is 4.52 Å². The fourth-order valence-electron chi connectivity index (χ4n) is 3.31. The Labute approximate surface area is 171 Å². The van der Waals surface area contributed by atoms with E-state index in [0.717, 1.165) is 6.42 Å². The van der Waals surface area contributed by atoms with Crippen molar-refractivity contribution < 1.29 is 4.52 Å². The SMILES string of the molecule is CCc1ccc(-n2nc(-c3nc(-c4ccccn4)no3)c3ccccc3c2=O)cc1. The molecule has 7 heteroatoms. The van der Waals surface area contributed by atoms with Crippen LogP contribution in [0, 0.1) is 0 Å². The maximum atomic E-state index is 13.1. The number of rotatable bonds is 4. The van der Waals surface area contributed by atoms with Crippen LogP contribution in [0.4, 0.5) is 0 Å². The van der Waals surface area contributed by atoms with Gasteiger partial charge in [-0.05, 0) is 42.3 Å². The molecule has 0 radical (unpaired) electrons. The average molecular weight is 395 g/mol. The highest BCUT2D eigenvalue weighted by molar-refractivity contribution is 5.92. The molecule has 0 aliphatic heterocycles. The first-order valence-corrected chi connectivity index (χ1v) is 9.61. The van der Waals surface area contributed by atoms with Gasteiger partial charge in [0.15, 0.2) is 5.69 Å². The normalized spacial score (nSPS) is 11.1. The van der Waals surface area contributed by atoms with Crippen LogP contribution in [-0.4, -0.2) is 24.9 Å². The van der Waals surface area contributed by atoms with Crippen LogP contribution < -0.4 is 5.56 Å². The van der Waals surface area contributed by atoms with Gasteiger partial charge in [0, 0.05) is 11.6 Å². The number of pyridine rings is 1. The number of aromatic nitrogens is 5. The zero-order valence-corrected chi connectivity index (χ0v) is 16.2. The molecule has 30 heavy (non-hydrogen) atoms. The summed E-state index contributed by atoms with van der Waals surface area (Å²) in [5, 5.41) is 9.81. The predicted molar refractivity (Wildman–Crippen MR) is 113 cm³/mol. The Morgan fingerprint density at radius 2 is 1.70 bits per heavy atom. The van der Waals surface area contributed by atoms with E-state index in [2.05, 4.69) is 27.1 Å². The van der Waals surface area contributed by atoms with Crippen LogP contribution in [0.3, 0.4) is 0 Å². The van der Waals surface area contributed by atoms with E-state index in [0.29, 0.717) is 33.7 Å². The number of fused-ring (bicyclic) bond motifs is 1. The second-order valence-corrected chi connectivity index (χ2v) is 6.77. The Kier molecular flexibility index (Phi) is 4.40. The van der Waals surface area contributed by atoms with Gasteiger partial charge in [0.2, 0.25) is 5.82 Å². The third-order valence-corrected chi connectivity index (χ3v) is 4.92. The molecule has 0 fully saturated rings. The van der Waals surface area contributed by atoms with Crippen molar-refractivity contribution in [3.63, 3.8) is 0 Å². The van der Waals surface area contributed by atoms with Crippen molar-refractivity contribution in [3.05, 3.63) is 88.8 Å². The van der Waals surface area contributed by atoms with Gasteiger partial charge in [-0.15, -0.1) is 0 Å². The summed E-state index contributed by atoms with van der Waals surface area (Å²) < 4.78 is 6.88. The molecule has 0 N–H and O–H groups in total. The predicted octanol–water partition coefficient (Wildman–Crippen LogP) is 4.06. The molecule has 2 aromatic carbocycles. The molecule has 0 amide bonds. The second-order valence-electron chi connectivity index (χ2n) is 6.77. The molecular formula is C23H17N5O2. The molecule has 0 saturated carbocycles. The summed E-state index contributed by atoms with van der Waals surface area (Å²) in [6, 6.07) is 20.5. The van der Waals surface area contributed by atoms with Gasteiger partial charge in [-0.25, -0.2) is 0 Å². The fraction of sp³-hybridized carbons (Fsp3) is 0.0870. The molecule has 3 aromatic heterocycles. The van der Waals surface area contributed by atoms with E-state index >= 15 is 0 Å². The Balaban J connectivity index is 1.71. The van der Waals surface area contributed by atoms with Gasteiger partial charge in [-0.1, -0.05) is 48.5 Å². The molecule has 0 bridgehead atoms. The zero-order chi connectivity index (χ0) is 20.5. The summed E-state index contributed by atoms with van der Waals surface area (Å²) in [6.45, 7) is 2.09. The van der Waals surface area contributed by atoms with Crippen LogP contribution in [-0.2, 0) is 6.42 Å². The van der Waals surface area contributed by atoms with Crippen molar-refractivity contribution in [2.45, 2.75) is 13.3 Å². The van der Waals surface area contributed by atoms with Crippen molar-refractivity contribution in [1.29, 1.82) is 0 Å². The molecular weight excluding hydrogens is 378 g/mol. The van der Waals surface area contributed by atoms with E-state index in [1.807, 2.05) is 54.6 Å². The van der Waals surface area contributed by atoms with E-state index in [9.17, 15) is 4.79 Å². The maximum absolute atomic E-state index is 13.1. The minimum absolute atomic E-state index is 0.205. The lowest BCUT2D eigenvalue weighted by Gasteiger charge is -2.09. The number of aryl methyl sites for hydroxylation is 1. The maximum Gasteiger partial charge on any atom is 0.279 e. The summed E-state index contributed by atoms with van der Waals surface area (Å²) in [4.78, 5) is 21.8. The molecule has 0 spiro atoms. The first kappa shape index (κ1) is 17.9. The van der Waals surface area contributed by atoms with Crippen molar-refractivity contribution in [2.75, 3.05) is 0 Å². The number of hydrogen-bond acceptors (Lipinski definition) is 6. The highest BCUT2D eigenvalue weighted by Crippen LogP contribution is 2.26. The van der Waals surface area contributed by atoms with Gasteiger partial charge in [0.25, 0.3) is 11.4 Å².